The van der Waals surface area contributed by atoms with Crippen LogP contribution in [0.5, 0.6) is 0 Å². The van der Waals surface area contributed by atoms with Gasteiger partial charge in [-0.25, -0.2) is 13.1 Å². The van der Waals surface area contributed by atoms with Gasteiger partial charge in [0.05, 0.1) is 23.0 Å². The Labute approximate surface area is 164 Å². The molecule has 142 valence electrons. The van der Waals surface area contributed by atoms with Crippen LogP contribution in [0.2, 0.25) is 10.0 Å². The molecule has 11 heteroatoms. The molecule has 0 aliphatic heterocycles. The maximum atomic E-state index is 12.2. The molecule has 0 saturated carbocycles. The second-order valence-electron chi connectivity index (χ2n) is 5.21. The molecule has 0 unspecified atom stereocenters. The summed E-state index contributed by atoms with van der Waals surface area (Å²) in [4.78, 5) is 22.9. The van der Waals surface area contributed by atoms with E-state index in [2.05, 4.69) is 4.72 Å². The van der Waals surface area contributed by atoms with Crippen LogP contribution >= 0.6 is 34.5 Å². The Morgan fingerprint density at radius 3 is 2.54 bits per heavy atom. The average Bonchev–Trinajstić information content (AvgIpc) is 2.86. The number of carbonyl (C=O) groups is 1. The van der Waals surface area contributed by atoms with Crippen molar-refractivity contribution >= 4 is 50.5 Å². The molecule has 0 fully saturated rings. The lowest BCUT2D eigenvalue weighted by molar-refractivity contribution is -0.143. The molecule has 0 bridgehead atoms. The van der Waals surface area contributed by atoms with E-state index in [-0.39, 0.29) is 45.9 Å². The summed E-state index contributed by atoms with van der Waals surface area (Å²) < 4.78 is 33.2. The summed E-state index contributed by atoms with van der Waals surface area (Å²) in [5.41, 5.74) is 0.792. The van der Waals surface area contributed by atoms with Gasteiger partial charge in [-0.3, -0.25) is 14.2 Å². The number of benzene rings is 1. The van der Waals surface area contributed by atoms with E-state index in [1.165, 1.54) is 22.8 Å². The minimum Gasteiger partial charge on any atom is -0.464 e. The highest BCUT2D eigenvalue weighted by Crippen LogP contribution is 2.28. The standard InChI is InChI=1S/C15H16Cl2N2O5S2/c1-10-9-25-15(21)19(10)7-8-24-13(20)5-6-18-26(22,23)14-11(16)3-2-4-12(14)17/h2-4,9,18H,5-8H2,1H3. The van der Waals surface area contributed by atoms with Crippen LogP contribution < -0.4 is 9.60 Å². The van der Waals surface area contributed by atoms with Crippen molar-refractivity contribution in [3.05, 3.63) is 49.0 Å². The van der Waals surface area contributed by atoms with Crippen molar-refractivity contribution in [3.8, 4) is 0 Å². The molecule has 0 radical (unpaired) electrons. The maximum Gasteiger partial charge on any atom is 0.307 e. The van der Waals surface area contributed by atoms with Crippen molar-refractivity contribution in [3.63, 3.8) is 0 Å². The van der Waals surface area contributed by atoms with Gasteiger partial charge in [0.15, 0.2) is 0 Å². The smallest absolute Gasteiger partial charge is 0.307 e. The highest BCUT2D eigenvalue weighted by atomic mass is 35.5. The van der Waals surface area contributed by atoms with E-state index in [4.69, 9.17) is 27.9 Å². The van der Waals surface area contributed by atoms with E-state index in [0.717, 1.165) is 17.0 Å². The fraction of sp³-hybridized carbons (Fsp3) is 0.333. The largest absolute Gasteiger partial charge is 0.464 e. The minimum atomic E-state index is -3.95. The Balaban J connectivity index is 1.82. The summed E-state index contributed by atoms with van der Waals surface area (Å²) in [7, 11) is -3.95. The fourth-order valence-electron chi connectivity index (χ4n) is 2.10. The van der Waals surface area contributed by atoms with Crippen molar-refractivity contribution in [1.29, 1.82) is 0 Å². The molecule has 0 saturated heterocycles. The predicted molar refractivity (Wildman–Crippen MR) is 101 cm³/mol. The molecular weight excluding hydrogens is 423 g/mol. The molecule has 1 aromatic carbocycles. The Morgan fingerprint density at radius 1 is 1.31 bits per heavy atom. The SMILES string of the molecule is Cc1csc(=O)n1CCOC(=O)CCNS(=O)(=O)c1c(Cl)cccc1Cl. The lowest BCUT2D eigenvalue weighted by Crippen LogP contribution is -2.27. The summed E-state index contributed by atoms with van der Waals surface area (Å²) in [5, 5.41) is 1.70. The zero-order chi connectivity index (χ0) is 19.3. The van der Waals surface area contributed by atoms with E-state index in [1.807, 2.05) is 0 Å². The molecule has 2 aromatic rings. The number of halogens is 2. The number of nitrogens with zero attached hydrogens (tertiary/aromatic N) is 1. The van der Waals surface area contributed by atoms with Crippen molar-refractivity contribution in [2.45, 2.75) is 24.8 Å². The quantitative estimate of drug-likeness (QED) is 0.638. The lowest BCUT2D eigenvalue weighted by Gasteiger charge is -2.10. The van der Waals surface area contributed by atoms with Crippen LogP contribution in [-0.2, 0) is 26.1 Å². The first kappa shape index (κ1) is 20.9. The van der Waals surface area contributed by atoms with Gasteiger partial charge in [-0.1, -0.05) is 40.6 Å². The van der Waals surface area contributed by atoms with Gasteiger partial charge in [-0.05, 0) is 19.1 Å². The van der Waals surface area contributed by atoms with Crippen molar-refractivity contribution in [1.82, 2.24) is 9.29 Å². The number of hydrogen-bond donors (Lipinski definition) is 1. The third-order valence-corrected chi connectivity index (χ3v) is 6.66. The molecule has 0 spiro atoms. The molecule has 26 heavy (non-hydrogen) atoms. The van der Waals surface area contributed by atoms with Gasteiger partial charge in [0.25, 0.3) is 0 Å². The Bertz CT molecular complexity index is 933. The van der Waals surface area contributed by atoms with E-state index < -0.39 is 16.0 Å². The van der Waals surface area contributed by atoms with Crippen LogP contribution in [0.3, 0.4) is 0 Å². The van der Waals surface area contributed by atoms with E-state index in [0.29, 0.717) is 0 Å². The molecule has 1 aromatic heterocycles. The lowest BCUT2D eigenvalue weighted by atomic mass is 10.4. The number of rotatable bonds is 8. The van der Waals surface area contributed by atoms with Crippen LogP contribution in [-0.4, -0.2) is 32.1 Å². The molecule has 0 amide bonds. The van der Waals surface area contributed by atoms with Crippen LogP contribution in [0.25, 0.3) is 0 Å². The number of aryl methyl sites for hydroxylation is 1. The van der Waals surface area contributed by atoms with Gasteiger partial charge in [-0.2, -0.15) is 0 Å². The summed E-state index contributed by atoms with van der Waals surface area (Å²) in [6.07, 6.45) is -0.168. The molecule has 1 N–H and O–H groups in total. The number of aromatic nitrogens is 1. The Morgan fingerprint density at radius 2 is 1.96 bits per heavy atom. The van der Waals surface area contributed by atoms with Crippen LogP contribution in [0.4, 0.5) is 0 Å². The topological polar surface area (TPSA) is 94.5 Å². The predicted octanol–water partition coefficient (Wildman–Crippen LogP) is 2.44. The maximum absolute atomic E-state index is 12.2. The highest BCUT2D eigenvalue weighted by Gasteiger charge is 2.21. The molecule has 0 aliphatic carbocycles. The number of hydrogen-bond acceptors (Lipinski definition) is 6. The van der Waals surface area contributed by atoms with Crippen molar-refractivity contribution in [2.75, 3.05) is 13.2 Å². The summed E-state index contributed by atoms with van der Waals surface area (Å²) in [6.45, 7) is 1.90. The Kier molecular flexibility index (Phi) is 7.24. The fourth-order valence-corrected chi connectivity index (χ4v) is 5.03. The van der Waals surface area contributed by atoms with E-state index in [9.17, 15) is 18.0 Å². The monoisotopic (exact) mass is 438 g/mol. The number of sulfonamides is 1. The molecule has 7 nitrogen and oxygen atoms in total. The summed E-state index contributed by atoms with van der Waals surface area (Å²) in [6, 6.07) is 4.34. The molecule has 0 aliphatic rings. The normalized spacial score (nSPS) is 11.5. The van der Waals surface area contributed by atoms with Crippen molar-refractivity contribution < 1.29 is 17.9 Å². The van der Waals surface area contributed by atoms with E-state index in [1.54, 1.807) is 12.3 Å². The van der Waals surface area contributed by atoms with Crippen LogP contribution in [0, 0.1) is 6.92 Å². The van der Waals surface area contributed by atoms with Gasteiger partial charge in [-0.15, -0.1) is 0 Å². The average molecular weight is 439 g/mol. The van der Waals surface area contributed by atoms with Gasteiger partial charge in [0.1, 0.15) is 11.5 Å². The minimum absolute atomic E-state index is 0.0100. The number of ether oxygens (including phenoxy) is 1. The highest BCUT2D eigenvalue weighted by molar-refractivity contribution is 7.89. The second-order valence-corrected chi connectivity index (χ2v) is 8.55. The van der Waals surface area contributed by atoms with Gasteiger partial charge in [0, 0.05) is 17.6 Å². The summed E-state index contributed by atoms with van der Waals surface area (Å²) in [5.74, 6) is -0.584. The Hall–Kier alpha value is -1.39. The number of thiazole rings is 1. The van der Waals surface area contributed by atoms with Crippen LogP contribution in [0.1, 0.15) is 12.1 Å². The van der Waals surface area contributed by atoms with Gasteiger partial charge in [0.2, 0.25) is 10.0 Å². The first-order valence-corrected chi connectivity index (χ1v) is 10.6. The molecular formula is C15H16Cl2N2O5S2. The third kappa shape index (κ3) is 5.31. The number of nitrogens with one attached hydrogen (secondary N) is 1. The van der Waals surface area contributed by atoms with Crippen molar-refractivity contribution in [2.24, 2.45) is 0 Å². The molecule has 1 heterocycles. The first-order valence-electron chi connectivity index (χ1n) is 7.46. The third-order valence-electron chi connectivity index (χ3n) is 3.36. The zero-order valence-electron chi connectivity index (χ0n) is 13.7. The molecule has 2 rings (SSSR count). The second kappa shape index (κ2) is 9.01. The zero-order valence-corrected chi connectivity index (χ0v) is 16.8. The number of esters is 1. The van der Waals surface area contributed by atoms with Gasteiger partial charge < -0.3 is 4.74 Å². The molecule has 0 atom stereocenters. The number of carbonyl (C=O) groups excluding carboxylic acids is 1. The van der Waals surface area contributed by atoms with E-state index >= 15 is 0 Å². The van der Waals surface area contributed by atoms with Gasteiger partial charge >= 0.3 is 10.8 Å². The first-order chi connectivity index (χ1) is 12.2. The van der Waals surface area contributed by atoms with Crippen LogP contribution in [0.15, 0.2) is 33.3 Å². The summed E-state index contributed by atoms with van der Waals surface area (Å²) >= 11 is 12.8.